The number of pyridine rings is 1. The summed E-state index contributed by atoms with van der Waals surface area (Å²) in [5.74, 6) is 1.13. The second-order valence-corrected chi connectivity index (χ2v) is 7.06. The lowest BCUT2D eigenvalue weighted by Crippen LogP contribution is -2.32. The molecule has 0 bridgehead atoms. The molecule has 1 N–H and O–H groups in total. The quantitative estimate of drug-likeness (QED) is 0.597. The number of benzene rings is 1. The zero-order chi connectivity index (χ0) is 19.1. The Bertz CT molecular complexity index is 868. The molecule has 3 rings (SSSR count). The van der Waals surface area contributed by atoms with Crippen LogP contribution in [0.25, 0.3) is 11.5 Å². The lowest BCUT2D eigenvalue weighted by atomic mass is 10.1. The second kappa shape index (κ2) is 9.18. The van der Waals surface area contributed by atoms with Crippen LogP contribution >= 0.6 is 11.8 Å². The normalized spacial score (nSPS) is 11.8. The van der Waals surface area contributed by atoms with Gasteiger partial charge >= 0.3 is 0 Å². The summed E-state index contributed by atoms with van der Waals surface area (Å²) in [7, 11) is 1.64. The van der Waals surface area contributed by atoms with Crippen LogP contribution in [0.2, 0.25) is 0 Å². The number of carbonyl (C=O) groups is 1. The van der Waals surface area contributed by atoms with E-state index in [9.17, 15) is 4.79 Å². The lowest BCUT2D eigenvalue weighted by molar-refractivity contribution is -0.120. The summed E-state index contributed by atoms with van der Waals surface area (Å²) in [4.78, 5) is 16.3. The van der Waals surface area contributed by atoms with Crippen LogP contribution in [-0.4, -0.2) is 40.0 Å². The van der Waals surface area contributed by atoms with Gasteiger partial charge in [-0.15, -0.1) is 10.2 Å². The number of rotatable bonds is 8. The van der Waals surface area contributed by atoms with Gasteiger partial charge in [-0.25, -0.2) is 0 Å². The van der Waals surface area contributed by atoms with Gasteiger partial charge in [-0.1, -0.05) is 23.9 Å². The highest BCUT2D eigenvalue weighted by Gasteiger charge is 2.18. The molecule has 27 heavy (non-hydrogen) atoms. The summed E-state index contributed by atoms with van der Waals surface area (Å²) in [6.45, 7) is 2.36. The van der Waals surface area contributed by atoms with E-state index in [-0.39, 0.29) is 11.2 Å². The fourth-order valence-corrected chi connectivity index (χ4v) is 3.04. The molecule has 7 nitrogen and oxygen atoms in total. The molecule has 0 saturated carbocycles. The van der Waals surface area contributed by atoms with Crippen molar-refractivity contribution in [2.45, 2.75) is 23.8 Å². The second-order valence-electron chi connectivity index (χ2n) is 5.76. The van der Waals surface area contributed by atoms with Gasteiger partial charge in [-0.05, 0) is 43.2 Å². The molecule has 0 aliphatic rings. The third kappa shape index (κ3) is 5.30. The number of methoxy groups -OCH3 is 1. The predicted octanol–water partition coefficient (Wildman–Crippen LogP) is 2.98. The number of nitrogens with zero attached hydrogens (tertiary/aromatic N) is 3. The fraction of sp³-hybridized carbons (Fsp3) is 0.263. The van der Waals surface area contributed by atoms with Crippen LogP contribution < -0.4 is 10.1 Å². The van der Waals surface area contributed by atoms with Crippen molar-refractivity contribution in [3.8, 4) is 17.2 Å². The molecule has 0 aliphatic carbocycles. The average molecular weight is 384 g/mol. The fourth-order valence-electron chi connectivity index (χ4n) is 2.33. The molecule has 0 radical (unpaired) electrons. The van der Waals surface area contributed by atoms with Gasteiger partial charge in [0.25, 0.3) is 5.22 Å². The average Bonchev–Trinajstić information content (AvgIpc) is 3.17. The number of nitrogens with one attached hydrogen (secondary N) is 1. The zero-order valence-electron chi connectivity index (χ0n) is 15.1. The number of hydrogen-bond acceptors (Lipinski definition) is 7. The Labute approximate surface area is 161 Å². The number of ether oxygens (including phenoxy) is 1. The van der Waals surface area contributed by atoms with Crippen LogP contribution in [0, 0.1) is 0 Å². The van der Waals surface area contributed by atoms with Crippen molar-refractivity contribution in [3.63, 3.8) is 0 Å². The third-order valence-corrected chi connectivity index (χ3v) is 4.77. The molecule has 1 atom stereocenters. The molecule has 3 aromatic rings. The molecule has 0 aliphatic heterocycles. The van der Waals surface area contributed by atoms with Crippen molar-refractivity contribution < 1.29 is 13.9 Å². The number of carbonyl (C=O) groups excluding carboxylic acids is 1. The molecular formula is C19H20N4O3S. The molecule has 0 spiro atoms. The third-order valence-electron chi connectivity index (χ3n) is 3.83. The Morgan fingerprint density at radius 3 is 2.78 bits per heavy atom. The van der Waals surface area contributed by atoms with E-state index < -0.39 is 0 Å². The summed E-state index contributed by atoms with van der Waals surface area (Å²) in [5, 5.41) is 10.9. The Kier molecular flexibility index (Phi) is 6.43. The van der Waals surface area contributed by atoms with E-state index in [4.69, 9.17) is 9.15 Å². The van der Waals surface area contributed by atoms with Gasteiger partial charge in [0.05, 0.1) is 17.9 Å². The van der Waals surface area contributed by atoms with E-state index in [0.29, 0.717) is 17.7 Å². The van der Waals surface area contributed by atoms with Gasteiger partial charge in [-0.2, -0.15) is 0 Å². The predicted molar refractivity (Wildman–Crippen MR) is 103 cm³/mol. The molecule has 0 fully saturated rings. The van der Waals surface area contributed by atoms with Gasteiger partial charge < -0.3 is 14.5 Å². The molecular weight excluding hydrogens is 364 g/mol. The van der Waals surface area contributed by atoms with Gasteiger partial charge in [-0.3, -0.25) is 9.78 Å². The van der Waals surface area contributed by atoms with Crippen LogP contribution in [0.4, 0.5) is 0 Å². The maximum atomic E-state index is 12.3. The molecule has 2 heterocycles. The molecule has 1 aromatic carbocycles. The van der Waals surface area contributed by atoms with Crippen molar-refractivity contribution in [1.29, 1.82) is 0 Å². The van der Waals surface area contributed by atoms with Gasteiger partial charge in [0.1, 0.15) is 5.75 Å². The first-order valence-corrected chi connectivity index (χ1v) is 9.35. The van der Waals surface area contributed by atoms with Crippen molar-refractivity contribution in [2.75, 3.05) is 13.7 Å². The summed E-state index contributed by atoms with van der Waals surface area (Å²) in [5.41, 5.74) is 1.88. The molecule has 1 amide bonds. The number of amides is 1. The van der Waals surface area contributed by atoms with Crippen molar-refractivity contribution >= 4 is 17.7 Å². The van der Waals surface area contributed by atoms with Gasteiger partial charge in [0.15, 0.2) is 0 Å². The van der Waals surface area contributed by atoms with Crippen molar-refractivity contribution in [3.05, 3.63) is 54.4 Å². The minimum absolute atomic E-state index is 0.0744. The van der Waals surface area contributed by atoms with E-state index in [0.717, 1.165) is 23.3 Å². The first kappa shape index (κ1) is 18.9. The van der Waals surface area contributed by atoms with E-state index in [1.807, 2.05) is 30.3 Å². The van der Waals surface area contributed by atoms with Crippen LogP contribution in [0.15, 0.2) is 58.4 Å². The van der Waals surface area contributed by atoms with Crippen molar-refractivity contribution in [2.24, 2.45) is 0 Å². The maximum absolute atomic E-state index is 12.3. The summed E-state index contributed by atoms with van der Waals surface area (Å²) in [6.07, 6.45) is 4.07. The summed E-state index contributed by atoms with van der Waals surface area (Å²) >= 11 is 1.23. The van der Waals surface area contributed by atoms with Crippen LogP contribution in [0.1, 0.15) is 12.5 Å². The first-order valence-electron chi connectivity index (χ1n) is 8.47. The smallest absolute Gasteiger partial charge is 0.277 e. The highest BCUT2D eigenvalue weighted by Crippen LogP contribution is 2.25. The topological polar surface area (TPSA) is 90.1 Å². The monoisotopic (exact) mass is 384 g/mol. The minimum atomic E-state index is -0.344. The van der Waals surface area contributed by atoms with Gasteiger partial charge in [0, 0.05) is 18.9 Å². The largest absolute Gasteiger partial charge is 0.497 e. The maximum Gasteiger partial charge on any atom is 0.277 e. The Balaban J connectivity index is 1.47. The molecule has 140 valence electrons. The minimum Gasteiger partial charge on any atom is -0.497 e. The Hall–Kier alpha value is -2.87. The first-order chi connectivity index (χ1) is 13.2. The number of thioether (sulfide) groups is 1. The van der Waals surface area contributed by atoms with Crippen LogP contribution in [0.3, 0.4) is 0 Å². The van der Waals surface area contributed by atoms with Gasteiger partial charge in [0.2, 0.25) is 11.8 Å². The van der Waals surface area contributed by atoms with Crippen LogP contribution in [-0.2, 0) is 11.2 Å². The van der Waals surface area contributed by atoms with E-state index in [1.54, 1.807) is 32.5 Å². The van der Waals surface area contributed by atoms with Crippen LogP contribution in [0.5, 0.6) is 5.75 Å². The van der Waals surface area contributed by atoms with E-state index >= 15 is 0 Å². The number of hydrogen-bond donors (Lipinski definition) is 1. The summed E-state index contributed by atoms with van der Waals surface area (Å²) < 4.78 is 10.7. The molecule has 0 unspecified atom stereocenters. The van der Waals surface area contributed by atoms with Crippen molar-refractivity contribution in [1.82, 2.24) is 20.5 Å². The van der Waals surface area contributed by atoms with E-state index in [2.05, 4.69) is 20.5 Å². The summed E-state index contributed by atoms with van der Waals surface area (Å²) in [6, 6.07) is 11.4. The highest BCUT2D eigenvalue weighted by molar-refractivity contribution is 8.00. The zero-order valence-corrected chi connectivity index (χ0v) is 15.9. The Morgan fingerprint density at radius 1 is 1.26 bits per heavy atom. The molecule has 2 aromatic heterocycles. The molecule has 8 heteroatoms. The lowest BCUT2D eigenvalue weighted by Gasteiger charge is -2.10. The SMILES string of the molecule is COc1ccc(CCNC(=O)[C@H](C)Sc2nnc(-c3cccnc3)o2)cc1. The van der Waals surface area contributed by atoms with E-state index in [1.165, 1.54) is 11.8 Å². The number of aromatic nitrogens is 3. The molecule has 0 saturated heterocycles. The Morgan fingerprint density at radius 2 is 2.07 bits per heavy atom. The highest BCUT2D eigenvalue weighted by atomic mass is 32.2. The standard InChI is InChI=1S/C19H20N4O3S/c1-13(17(24)21-11-9-14-5-7-16(25-2)8-6-14)27-19-23-22-18(26-19)15-4-3-10-20-12-15/h3-8,10,12-13H,9,11H2,1-2H3,(H,21,24)/t13-/m0/s1.